The number of carbonyl (C=O) groups excluding carboxylic acids is 3. The highest BCUT2D eigenvalue weighted by Crippen LogP contribution is 2.33. The number of anilines is 3. The third-order valence-corrected chi connectivity index (χ3v) is 6.37. The Morgan fingerprint density at radius 1 is 0.980 bits per heavy atom. The zero-order chi connectivity index (χ0) is 37.7. The van der Waals surface area contributed by atoms with E-state index in [9.17, 15) is 19.2 Å². The lowest BCUT2D eigenvalue weighted by Crippen LogP contribution is -2.47. The standard InChI is InChI=1S/C23H32N6O4.C10H18N2O2.C2H6.CH4/c1-7-9-23(10-8-2)28-19(30)18-14(3)11-15(20(31)29(18)23)26-16-12-17(25-13-24-16)27-21(32)33-22(4,5)6;1-7(11)6-8(2)12-9(13)14-10(3,4)5;1-2;/h11-13H,7-10H2,1-6H3,(H,28,30)(H2,24,25,26,27,32);6H,1,11H2,2-5H3,(H,12,13);1-2H3;1H4/b;8-6+;;. The van der Waals surface area contributed by atoms with Crippen molar-refractivity contribution in [2.45, 2.75) is 133 Å². The Kier molecular flexibility index (Phi) is 17.5. The number of carbonyl (C=O) groups is 3. The molecular weight excluding hydrogens is 640 g/mol. The van der Waals surface area contributed by atoms with Crippen LogP contribution >= 0.6 is 0 Å². The van der Waals surface area contributed by atoms with Crippen molar-refractivity contribution >= 4 is 35.4 Å². The molecule has 0 spiro atoms. The van der Waals surface area contributed by atoms with Gasteiger partial charge in [-0.3, -0.25) is 24.8 Å². The number of nitrogens with one attached hydrogen (secondary N) is 4. The predicted molar refractivity (Wildman–Crippen MR) is 200 cm³/mol. The van der Waals surface area contributed by atoms with Gasteiger partial charge in [-0.25, -0.2) is 19.6 Å². The highest BCUT2D eigenvalue weighted by atomic mass is 16.6. The number of amides is 3. The highest BCUT2D eigenvalue weighted by Gasteiger charge is 2.43. The van der Waals surface area contributed by atoms with E-state index in [1.807, 2.05) is 27.7 Å². The summed E-state index contributed by atoms with van der Waals surface area (Å²) in [5, 5.41) is 11.2. The first-order valence-corrected chi connectivity index (χ1v) is 16.5. The Morgan fingerprint density at radius 3 is 2.00 bits per heavy atom. The van der Waals surface area contributed by atoms with E-state index >= 15 is 0 Å². The maximum atomic E-state index is 13.5. The minimum Gasteiger partial charge on any atom is -0.444 e. The van der Waals surface area contributed by atoms with Crippen molar-refractivity contribution in [1.82, 2.24) is 25.2 Å². The summed E-state index contributed by atoms with van der Waals surface area (Å²) in [4.78, 5) is 57.7. The fraction of sp³-hybridized carbons (Fsp3) is 0.556. The van der Waals surface area contributed by atoms with Gasteiger partial charge in [-0.2, -0.15) is 0 Å². The molecule has 280 valence electrons. The number of alkyl carbamates (subject to hydrolysis) is 1. The summed E-state index contributed by atoms with van der Waals surface area (Å²) in [6.45, 7) is 25.7. The molecule has 50 heavy (non-hydrogen) atoms. The van der Waals surface area contributed by atoms with Crippen LogP contribution in [0.3, 0.4) is 0 Å². The first-order valence-electron chi connectivity index (χ1n) is 16.5. The Bertz CT molecular complexity index is 1560. The van der Waals surface area contributed by atoms with Crippen molar-refractivity contribution in [2.24, 2.45) is 5.73 Å². The van der Waals surface area contributed by atoms with Crippen molar-refractivity contribution < 1.29 is 23.9 Å². The van der Waals surface area contributed by atoms with E-state index < -0.39 is 29.1 Å². The number of pyridine rings is 1. The van der Waals surface area contributed by atoms with Gasteiger partial charge in [-0.05, 0) is 85.9 Å². The van der Waals surface area contributed by atoms with Gasteiger partial charge in [0.05, 0.1) is 0 Å². The predicted octanol–water partition coefficient (Wildman–Crippen LogP) is 7.58. The van der Waals surface area contributed by atoms with Gasteiger partial charge in [0.15, 0.2) is 0 Å². The number of aryl methyl sites for hydroxylation is 1. The molecule has 0 radical (unpaired) electrons. The Hall–Kier alpha value is -4.88. The summed E-state index contributed by atoms with van der Waals surface area (Å²) < 4.78 is 11.9. The lowest BCUT2D eigenvalue weighted by molar-refractivity contribution is 0.0544. The van der Waals surface area contributed by atoms with E-state index in [1.54, 1.807) is 72.1 Å². The average Bonchev–Trinajstić information content (AvgIpc) is 3.23. The van der Waals surface area contributed by atoms with E-state index in [0.29, 0.717) is 41.3 Å². The fourth-order valence-electron chi connectivity index (χ4n) is 4.97. The zero-order valence-electron chi connectivity index (χ0n) is 31.2. The summed E-state index contributed by atoms with van der Waals surface area (Å²) >= 11 is 0. The van der Waals surface area contributed by atoms with Crippen LogP contribution in [0.15, 0.2) is 47.3 Å². The number of aromatic nitrogens is 3. The van der Waals surface area contributed by atoms with Crippen molar-refractivity contribution in [3.05, 3.63) is 64.1 Å². The number of nitrogens with zero attached hydrogens (tertiary/aromatic N) is 3. The quantitative estimate of drug-likeness (QED) is 0.163. The molecule has 14 nitrogen and oxygen atoms in total. The van der Waals surface area contributed by atoms with Gasteiger partial charge < -0.3 is 25.8 Å². The molecule has 0 atom stereocenters. The average molecular weight is 701 g/mol. The highest BCUT2D eigenvalue weighted by molar-refractivity contribution is 5.97. The lowest BCUT2D eigenvalue weighted by atomic mass is 9.98. The molecular formula is C36H60N8O6. The van der Waals surface area contributed by atoms with Crippen LogP contribution in [0.4, 0.5) is 26.9 Å². The molecule has 14 heteroatoms. The fourth-order valence-corrected chi connectivity index (χ4v) is 4.97. The van der Waals surface area contributed by atoms with Crippen LogP contribution in [0.25, 0.3) is 0 Å². The number of ether oxygens (including phenoxy) is 2. The van der Waals surface area contributed by atoms with Gasteiger partial charge in [0.2, 0.25) is 0 Å². The summed E-state index contributed by atoms with van der Waals surface area (Å²) in [7, 11) is 0. The molecule has 1 aliphatic rings. The Morgan fingerprint density at radius 2 is 1.50 bits per heavy atom. The maximum Gasteiger partial charge on any atom is 0.413 e. The summed E-state index contributed by atoms with van der Waals surface area (Å²) in [6, 6.07) is 3.15. The molecule has 0 bridgehead atoms. The largest absolute Gasteiger partial charge is 0.444 e. The number of hydrogen-bond acceptors (Lipinski definition) is 10. The molecule has 1 aliphatic heterocycles. The first-order chi connectivity index (χ1) is 22.7. The van der Waals surface area contributed by atoms with Gasteiger partial charge in [-0.1, -0.05) is 54.5 Å². The van der Waals surface area contributed by atoms with Crippen LogP contribution in [0.2, 0.25) is 0 Å². The van der Waals surface area contributed by atoms with Crippen molar-refractivity contribution in [2.75, 3.05) is 10.6 Å². The number of allylic oxidation sites excluding steroid dienone is 2. The van der Waals surface area contributed by atoms with E-state index in [1.165, 1.54) is 12.4 Å². The SMILES string of the molecule is C.C=C(N)/C=C(\C)NC(=O)OC(C)(C)C.CC.CCCC1(CCC)NC(=O)c2c(C)cc(Nc3cc(NC(=O)OC(C)(C)C)ncn3)c(=O)n21. The lowest BCUT2D eigenvalue weighted by Gasteiger charge is -2.31. The van der Waals surface area contributed by atoms with Crippen LogP contribution < -0.4 is 32.6 Å². The first kappa shape index (κ1) is 45.1. The van der Waals surface area contributed by atoms with Crippen LogP contribution in [0.1, 0.15) is 125 Å². The third kappa shape index (κ3) is 13.9. The molecule has 6 N–H and O–H groups in total. The van der Waals surface area contributed by atoms with E-state index in [0.717, 1.165) is 12.8 Å². The molecule has 2 aromatic rings. The molecule has 0 saturated heterocycles. The minimum absolute atomic E-state index is 0. The van der Waals surface area contributed by atoms with Crippen molar-refractivity contribution in [1.29, 1.82) is 0 Å². The summed E-state index contributed by atoms with van der Waals surface area (Å²) in [6.07, 6.45) is 4.63. The van der Waals surface area contributed by atoms with Crippen molar-refractivity contribution in [3.8, 4) is 0 Å². The molecule has 3 rings (SSSR count). The monoisotopic (exact) mass is 700 g/mol. The van der Waals surface area contributed by atoms with Gasteiger partial charge in [-0.15, -0.1) is 0 Å². The van der Waals surface area contributed by atoms with Gasteiger partial charge in [0, 0.05) is 17.5 Å². The zero-order valence-corrected chi connectivity index (χ0v) is 31.2. The second kappa shape index (κ2) is 19.3. The number of nitrogens with two attached hydrogens (primary N) is 1. The minimum atomic E-state index is -0.745. The molecule has 0 aliphatic carbocycles. The summed E-state index contributed by atoms with van der Waals surface area (Å²) in [5.41, 5.74) is 5.48. The molecule has 3 amide bonds. The van der Waals surface area contributed by atoms with Gasteiger partial charge in [0.1, 0.15) is 46.2 Å². The molecule has 0 saturated carbocycles. The van der Waals surface area contributed by atoms with Crippen LogP contribution in [0, 0.1) is 6.92 Å². The third-order valence-electron chi connectivity index (χ3n) is 6.37. The smallest absolute Gasteiger partial charge is 0.413 e. The van der Waals surface area contributed by atoms with Crippen molar-refractivity contribution in [3.63, 3.8) is 0 Å². The molecule has 2 aromatic heterocycles. The topological polar surface area (TPSA) is 192 Å². The number of rotatable bonds is 9. The van der Waals surface area contributed by atoms with E-state index in [2.05, 4.69) is 37.8 Å². The van der Waals surface area contributed by atoms with Crippen LogP contribution in [-0.2, 0) is 15.1 Å². The van der Waals surface area contributed by atoms with Crippen LogP contribution in [0.5, 0.6) is 0 Å². The number of fused-ring (bicyclic) bond motifs is 1. The molecule has 3 heterocycles. The second-order valence-electron chi connectivity index (χ2n) is 13.3. The number of hydrogen-bond donors (Lipinski definition) is 5. The normalized spacial score (nSPS) is 13.0. The summed E-state index contributed by atoms with van der Waals surface area (Å²) in [5.74, 6) is 0.314. The van der Waals surface area contributed by atoms with Gasteiger partial charge in [0.25, 0.3) is 11.5 Å². The molecule has 0 aromatic carbocycles. The van der Waals surface area contributed by atoms with E-state index in [-0.39, 0.29) is 30.4 Å². The molecule has 0 fully saturated rings. The van der Waals surface area contributed by atoms with Crippen LogP contribution in [-0.4, -0.2) is 43.8 Å². The molecule has 0 unspecified atom stereocenters. The second-order valence-corrected chi connectivity index (χ2v) is 13.3. The Labute approximate surface area is 297 Å². The van der Waals surface area contributed by atoms with E-state index in [4.69, 9.17) is 15.2 Å². The Balaban J connectivity index is 0.00000120. The maximum absolute atomic E-state index is 13.5. The van der Waals surface area contributed by atoms with Gasteiger partial charge >= 0.3 is 12.2 Å².